The monoisotopic (exact) mass is 538 g/mol. The van der Waals surface area contributed by atoms with Crippen molar-refractivity contribution in [3.8, 4) is 0 Å². The van der Waals surface area contributed by atoms with Gasteiger partial charge < -0.3 is 24.0 Å². The number of ether oxygens (including phenoxy) is 3. The summed E-state index contributed by atoms with van der Waals surface area (Å²) in [5.74, 6) is 1.55. The molecule has 0 spiro atoms. The molecule has 2 aromatic heterocycles. The third-order valence-corrected chi connectivity index (χ3v) is 8.58. The van der Waals surface area contributed by atoms with Crippen molar-refractivity contribution in [1.82, 2.24) is 19.5 Å². The molecule has 0 bridgehead atoms. The third kappa shape index (κ3) is 6.06. The molecule has 11 heteroatoms. The van der Waals surface area contributed by atoms with E-state index in [0.29, 0.717) is 82.2 Å². The number of hydrogen-bond acceptors (Lipinski definition) is 9. The van der Waals surface area contributed by atoms with E-state index in [-0.39, 0.29) is 12.5 Å². The van der Waals surface area contributed by atoms with Crippen molar-refractivity contribution < 1.29 is 19.0 Å². The van der Waals surface area contributed by atoms with Crippen LogP contribution in [0.15, 0.2) is 24.3 Å². The van der Waals surface area contributed by atoms with Crippen LogP contribution in [0.2, 0.25) is 25.7 Å². The molecule has 0 aliphatic carbocycles. The molecule has 0 saturated carbocycles. The highest BCUT2D eigenvalue weighted by atomic mass is 28.3. The van der Waals surface area contributed by atoms with Crippen molar-refractivity contribution in [3.05, 3.63) is 41.2 Å². The Morgan fingerprint density at radius 3 is 2.32 bits per heavy atom. The number of morpholine rings is 2. The fourth-order valence-corrected chi connectivity index (χ4v) is 5.41. The van der Waals surface area contributed by atoms with Crippen LogP contribution in [0, 0.1) is 6.92 Å². The summed E-state index contributed by atoms with van der Waals surface area (Å²) in [5, 5.41) is 0. The van der Waals surface area contributed by atoms with Gasteiger partial charge in [-0.25, -0.2) is 4.98 Å². The van der Waals surface area contributed by atoms with Gasteiger partial charge in [0.25, 0.3) is 0 Å². The van der Waals surface area contributed by atoms with Gasteiger partial charge in [-0.2, -0.15) is 9.97 Å². The molecule has 0 unspecified atom stereocenters. The highest BCUT2D eigenvalue weighted by Gasteiger charge is 2.28. The molecule has 0 amide bonds. The Morgan fingerprint density at radius 1 is 0.974 bits per heavy atom. The van der Waals surface area contributed by atoms with E-state index in [1.807, 2.05) is 35.8 Å². The van der Waals surface area contributed by atoms with Crippen LogP contribution >= 0.6 is 0 Å². The van der Waals surface area contributed by atoms with Crippen LogP contribution in [-0.4, -0.2) is 92.6 Å². The van der Waals surface area contributed by atoms with Crippen LogP contribution in [0.4, 0.5) is 11.8 Å². The first-order valence-electron chi connectivity index (χ1n) is 13.4. The number of fused-ring (bicyclic) bond motifs is 1. The van der Waals surface area contributed by atoms with Gasteiger partial charge in [0, 0.05) is 46.4 Å². The van der Waals surface area contributed by atoms with Crippen LogP contribution in [0.1, 0.15) is 21.7 Å². The maximum Gasteiger partial charge on any atom is 0.229 e. The summed E-state index contributed by atoms with van der Waals surface area (Å²) in [6.45, 7) is 15.1. The van der Waals surface area contributed by atoms with Crippen molar-refractivity contribution in [2.75, 3.05) is 69.0 Å². The minimum atomic E-state index is -1.27. The predicted molar refractivity (Wildman–Crippen MR) is 150 cm³/mol. The first-order valence-corrected chi connectivity index (χ1v) is 17.1. The summed E-state index contributed by atoms with van der Waals surface area (Å²) in [4.78, 5) is 32.9. The molecular formula is C27H38N6O4Si. The number of rotatable bonds is 9. The number of ketones is 1. The average molecular weight is 539 g/mol. The molecule has 0 radical (unpaired) electrons. The van der Waals surface area contributed by atoms with Gasteiger partial charge in [-0.1, -0.05) is 43.4 Å². The molecule has 204 valence electrons. The Labute approximate surface area is 224 Å². The summed E-state index contributed by atoms with van der Waals surface area (Å²) < 4.78 is 19.2. The quantitative estimate of drug-likeness (QED) is 0.231. The number of benzene rings is 1. The molecule has 4 heterocycles. The Hall–Kier alpha value is -2.86. The van der Waals surface area contributed by atoms with Crippen LogP contribution in [0.3, 0.4) is 0 Å². The van der Waals surface area contributed by atoms with E-state index in [1.54, 1.807) is 0 Å². The fourth-order valence-electron chi connectivity index (χ4n) is 4.66. The molecule has 2 saturated heterocycles. The van der Waals surface area contributed by atoms with Gasteiger partial charge in [0.15, 0.2) is 17.3 Å². The summed E-state index contributed by atoms with van der Waals surface area (Å²) in [7, 11) is -1.27. The molecular weight excluding hydrogens is 500 g/mol. The summed E-state index contributed by atoms with van der Waals surface area (Å²) in [5.41, 5.74) is 2.85. The average Bonchev–Trinajstić information content (AvgIpc) is 3.29. The lowest BCUT2D eigenvalue weighted by atomic mass is 10.1. The highest BCUT2D eigenvalue weighted by Crippen LogP contribution is 2.30. The van der Waals surface area contributed by atoms with Crippen LogP contribution < -0.4 is 9.80 Å². The molecule has 2 aliphatic heterocycles. The molecule has 38 heavy (non-hydrogen) atoms. The number of nitrogens with zero attached hydrogens (tertiary/aromatic N) is 6. The molecule has 1 aromatic carbocycles. The predicted octanol–water partition coefficient (Wildman–Crippen LogP) is 3.35. The first-order chi connectivity index (χ1) is 18.3. The molecule has 5 rings (SSSR count). The number of carbonyl (C=O) groups is 1. The molecule has 2 aliphatic rings. The molecule has 10 nitrogen and oxygen atoms in total. The second-order valence-corrected chi connectivity index (χ2v) is 16.7. The molecule has 0 N–H and O–H groups in total. The summed E-state index contributed by atoms with van der Waals surface area (Å²) in [6.07, 6.45) is 0. The number of aryl methyl sites for hydroxylation is 1. The van der Waals surface area contributed by atoms with Gasteiger partial charge in [-0.3, -0.25) is 9.36 Å². The van der Waals surface area contributed by atoms with Gasteiger partial charge >= 0.3 is 0 Å². The lowest BCUT2D eigenvalue weighted by Gasteiger charge is -2.31. The Bertz CT molecular complexity index is 1280. The zero-order chi connectivity index (χ0) is 26.7. The number of aromatic nitrogens is 4. The minimum Gasteiger partial charge on any atom is -0.378 e. The smallest absolute Gasteiger partial charge is 0.229 e. The lowest BCUT2D eigenvalue weighted by molar-refractivity contribution is 0.0834. The zero-order valence-corrected chi connectivity index (χ0v) is 23.9. The summed E-state index contributed by atoms with van der Waals surface area (Å²) in [6, 6.07) is 8.64. The van der Waals surface area contributed by atoms with Crippen molar-refractivity contribution in [3.63, 3.8) is 0 Å². The standard InChI is InChI=1S/C27H38N6O4Si/c1-20-6-5-7-21(18-20)23(34)26-28-24-22(33(26)19-37-16-17-38(2,3)4)25(31-8-12-35-13-9-31)30-27(29-24)32-10-14-36-15-11-32/h5-7,18H,8-17,19H2,1-4H3. The maximum absolute atomic E-state index is 13.8. The van der Waals surface area contributed by atoms with Gasteiger partial charge in [-0.05, 0) is 19.0 Å². The normalized spacial score (nSPS) is 16.8. The fraction of sp³-hybridized carbons (Fsp3) is 0.556. The second-order valence-electron chi connectivity index (χ2n) is 11.1. The molecule has 3 aromatic rings. The second kappa shape index (κ2) is 11.5. The molecule has 0 atom stereocenters. The van der Waals surface area contributed by atoms with Gasteiger partial charge in [0.2, 0.25) is 11.7 Å². The summed E-state index contributed by atoms with van der Waals surface area (Å²) >= 11 is 0. The van der Waals surface area contributed by atoms with Crippen molar-refractivity contribution in [2.24, 2.45) is 0 Å². The number of hydrogen-bond donors (Lipinski definition) is 0. The number of anilines is 2. The highest BCUT2D eigenvalue weighted by molar-refractivity contribution is 6.76. The van der Waals surface area contributed by atoms with Gasteiger partial charge in [0.05, 0.1) is 26.4 Å². The molecule has 2 fully saturated rings. The number of imidazole rings is 1. The van der Waals surface area contributed by atoms with E-state index in [4.69, 9.17) is 29.2 Å². The van der Waals surface area contributed by atoms with Crippen LogP contribution in [0.25, 0.3) is 11.2 Å². The maximum atomic E-state index is 13.8. The largest absolute Gasteiger partial charge is 0.378 e. The van der Waals surface area contributed by atoms with E-state index in [2.05, 4.69) is 29.4 Å². The Kier molecular flexibility index (Phi) is 8.08. The van der Waals surface area contributed by atoms with Gasteiger partial charge in [-0.15, -0.1) is 0 Å². The lowest BCUT2D eigenvalue weighted by Crippen LogP contribution is -2.39. The van der Waals surface area contributed by atoms with E-state index in [1.165, 1.54) is 0 Å². The zero-order valence-electron chi connectivity index (χ0n) is 22.9. The van der Waals surface area contributed by atoms with Crippen molar-refractivity contribution >= 4 is 36.8 Å². The van der Waals surface area contributed by atoms with E-state index in [9.17, 15) is 4.79 Å². The van der Waals surface area contributed by atoms with Crippen molar-refractivity contribution in [2.45, 2.75) is 39.3 Å². The van der Waals surface area contributed by atoms with Crippen molar-refractivity contribution in [1.29, 1.82) is 0 Å². The topological polar surface area (TPSA) is 94.8 Å². The van der Waals surface area contributed by atoms with E-state index in [0.717, 1.165) is 22.9 Å². The first kappa shape index (κ1) is 26.7. The van der Waals surface area contributed by atoms with Gasteiger partial charge in [0.1, 0.15) is 12.2 Å². The minimum absolute atomic E-state index is 0.152. The Balaban J connectivity index is 1.62. The van der Waals surface area contributed by atoms with E-state index < -0.39 is 8.07 Å². The third-order valence-electron chi connectivity index (χ3n) is 6.88. The van der Waals surface area contributed by atoms with Crippen LogP contribution in [0.5, 0.6) is 0 Å². The number of carbonyl (C=O) groups excluding carboxylic acids is 1. The van der Waals surface area contributed by atoms with E-state index >= 15 is 0 Å². The Morgan fingerprint density at radius 2 is 1.66 bits per heavy atom. The van der Waals surface area contributed by atoms with Crippen LogP contribution in [-0.2, 0) is 20.9 Å². The SMILES string of the molecule is Cc1cccc(C(=O)c2nc3nc(N4CCOCC4)nc(N4CCOCC4)c3n2COCC[Si](C)(C)C)c1.